The van der Waals surface area contributed by atoms with Crippen LogP contribution in [0.1, 0.15) is 62.2 Å². The quantitative estimate of drug-likeness (QED) is 0.583. The highest BCUT2D eigenvalue weighted by atomic mass is 16.5. The minimum atomic E-state index is -0.0439. The van der Waals surface area contributed by atoms with Crippen molar-refractivity contribution in [2.24, 2.45) is 5.92 Å². The van der Waals surface area contributed by atoms with Crippen LogP contribution in [-0.2, 0) is 9.53 Å². The maximum Gasteiger partial charge on any atom is 0.257 e. The van der Waals surface area contributed by atoms with E-state index in [4.69, 9.17) is 14.2 Å². The first-order valence-corrected chi connectivity index (χ1v) is 12.1. The molecule has 3 aliphatic rings. The topological polar surface area (TPSA) is 68.3 Å². The standard InChI is InChI=1S/C25H36N2O5/c1-3-12-27(17-21-5-4-15-31-21)25(29)22-16-20(30-2)8-9-23(22)32-19-10-13-26(14-11-19)24(28)18-6-7-18/h8-9,16,18-19,21H,3-7,10-15,17H2,1-2H3/t21-/m1/s1. The first-order valence-electron chi connectivity index (χ1n) is 12.1. The number of piperidine rings is 1. The molecule has 0 spiro atoms. The fourth-order valence-corrected chi connectivity index (χ4v) is 4.62. The number of hydrogen-bond donors (Lipinski definition) is 0. The second-order valence-electron chi connectivity index (χ2n) is 9.17. The Bertz CT molecular complexity index is 796. The summed E-state index contributed by atoms with van der Waals surface area (Å²) in [6.07, 6.45) is 6.66. The van der Waals surface area contributed by atoms with Crippen molar-refractivity contribution in [3.63, 3.8) is 0 Å². The predicted molar refractivity (Wildman–Crippen MR) is 121 cm³/mol. The Morgan fingerprint density at radius 3 is 2.56 bits per heavy atom. The van der Waals surface area contributed by atoms with E-state index in [2.05, 4.69) is 6.92 Å². The molecule has 7 heteroatoms. The van der Waals surface area contributed by atoms with Gasteiger partial charge in [0.1, 0.15) is 17.6 Å². The van der Waals surface area contributed by atoms with Crippen molar-refractivity contribution in [3.05, 3.63) is 23.8 Å². The molecule has 2 heterocycles. The van der Waals surface area contributed by atoms with Gasteiger partial charge in [-0.1, -0.05) is 6.92 Å². The van der Waals surface area contributed by atoms with Crippen molar-refractivity contribution in [1.29, 1.82) is 0 Å². The Hall–Kier alpha value is -2.28. The largest absolute Gasteiger partial charge is 0.497 e. The molecule has 2 amide bonds. The van der Waals surface area contributed by atoms with Crippen LogP contribution in [0.4, 0.5) is 0 Å². The molecule has 0 radical (unpaired) electrons. The summed E-state index contributed by atoms with van der Waals surface area (Å²) in [6, 6.07) is 5.45. The molecule has 2 saturated heterocycles. The van der Waals surface area contributed by atoms with E-state index >= 15 is 0 Å². The van der Waals surface area contributed by atoms with Gasteiger partial charge in [0.15, 0.2) is 0 Å². The first-order chi connectivity index (χ1) is 15.6. The van der Waals surface area contributed by atoms with Crippen molar-refractivity contribution in [1.82, 2.24) is 9.80 Å². The molecule has 2 aliphatic heterocycles. The first kappa shape index (κ1) is 22.9. The van der Waals surface area contributed by atoms with Gasteiger partial charge in [0, 0.05) is 51.5 Å². The van der Waals surface area contributed by atoms with Crippen LogP contribution < -0.4 is 9.47 Å². The van der Waals surface area contributed by atoms with Crippen LogP contribution in [0, 0.1) is 5.92 Å². The van der Waals surface area contributed by atoms with E-state index in [0.717, 1.165) is 64.6 Å². The molecule has 1 aromatic rings. The highest BCUT2D eigenvalue weighted by molar-refractivity contribution is 5.97. The van der Waals surface area contributed by atoms with Crippen LogP contribution in [0.25, 0.3) is 0 Å². The fourth-order valence-electron chi connectivity index (χ4n) is 4.62. The number of rotatable bonds is 9. The van der Waals surface area contributed by atoms with Crippen molar-refractivity contribution in [3.8, 4) is 11.5 Å². The highest BCUT2D eigenvalue weighted by Crippen LogP contribution is 2.33. The summed E-state index contributed by atoms with van der Waals surface area (Å²) in [4.78, 5) is 29.7. The van der Waals surface area contributed by atoms with E-state index in [1.807, 2.05) is 21.9 Å². The van der Waals surface area contributed by atoms with Crippen molar-refractivity contribution >= 4 is 11.8 Å². The second-order valence-corrected chi connectivity index (χ2v) is 9.17. The third kappa shape index (κ3) is 5.55. The van der Waals surface area contributed by atoms with Gasteiger partial charge in [-0.2, -0.15) is 0 Å². The molecule has 32 heavy (non-hydrogen) atoms. The molecule has 7 nitrogen and oxygen atoms in total. The summed E-state index contributed by atoms with van der Waals surface area (Å²) in [5.41, 5.74) is 0.535. The van der Waals surface area contributed by atoms with E-state index in [0.29, 0.717) is 36.1 Å². The maximum atomic E-state index is 13.6. The highest BCUT2D eigenvalue weighted by Gasteiger charge is 2.35. The Morgan fingerprint density at radius 2 is 1.94 bits per heavy atom. The van der Waals surface area contributed by atoms with Gasteiger partial charge >= 0.3 is 0 Å². The Morgan fingerprint density at radius 1 is 1.16 bits per heavy atom. The lowest BCUT2D eigenvalue weighted by atomic mass is 10.1. The van der Waals surface area contributed by atoms with Crippen LogP contribution >= 0.6 is 0 Å². The number of amides is 2. The monoisotopic (exact) mass is 444 g/mol. The Balaban J connectivity index is 1.45. The Kier molecular flexibility index (Phi) is 7.55. The number of ether oxygens (including phenoxy) is 3. The lowest BCUT2D eigenvalue weighted by Gasteiger charge is -2.33. The van der Waals surface area contributed by atoms with Crippen LogP contribution in [-0.4, -0.2) is 73.7 Å². The number of methoxy groups -OCH3 is 1. The van der Waals surface area contributed by atoms with Gasteiger partial charge in [-0.3, -0.25) is 9.59 Å². The molecule has 176 valence electrons. The molecular weight excluding hydrogens is 408 g/mol. The smallest absolute Gasteiger partial charge is 0.257 e. The molecule has 0 bridgehead atoms. The number of hydrogen-bond acceptors (Lipinski definition) is 5. The Labute approximate surface area is 191 Å². The maximum absolute atomic E-state index is 13.6. The molecule has 4 rings (SSSR count). The van der Waals surface area contributed by atoms with Crippen molar-refractivity contribution in [2.45, 2.75) is 64.1 Å². The summed E-state index contributed by atoms with van der Waals surface area (Å²) in [5, 5.41) is 0. The van der Waals surface area contributed by atoms with Crippen molar-refractivity contribution < 1.29 is 23.8 Å². The van der Waals surface area contributed by atoms with Gasteiger partial charge in [-0.25, -0.2) is 0 Å². The normalized spacial score (nSPS) is 21.4. The molecule has 0 aromatic heterocycles. The minimum absolute atomic E-state index is 0.00371. The van der Waals surface area contributed by atoms with Gasteiger partial charge in [0.25, 0.3) is 5.91 Å². The number of benzene rings is 1. The summed E-state index contributed by atoms with van der Waals surface area (Å²) >= 11 is 0. The summed E-state index contributed by atoms with van der Waals surface area (Å²) < 4.78 is 17.5. The van der Waals surface area contributed by atoms with Crippen LogP contribution in [0.5, 0.6) is 11.5 Å². The van der Waals surface area contributed by atoms with Crippen molar-refractivity contribution in [2.75, 3.05) is 39.9 Å². The average molecular weight is 445 g/mol. The van der Waals surface area contributed by atoms with E-state index in [1.54, 1.807) is 13.2 Å². The van der Waals surface area contributed by atoms with Gasteiger partial charge in [-0.15, -0.1) is 0 Å². The van der Waals surface area contributed by atoms with E-state index in [-0.39, 0.29) is 24.0 Å². The molecule has 1 aliphatic carbocycles. The van der Waals surface area contributed by atoms with E-state index in [1.165, 1.54) is 0 Å². The van der Waals surface area contributed by atoms with Gasteiger partial charge in [0.2, 0.25) is 5.91 Å². The lowest BCUT2D eigenvalue weighted by Crippen LogP contribution is -2.42. The average Bonchev–Trinajstić information content (AvgIpc) is 3.55. The second kappa shape index (κ2) is 10.6. The zero-order valence-electron chi connectivity index (χ0n) is 19.4. The minimum Gasteiger partial charge on any atom is -0.497 e. The lowest BCUT2D eigenvalue weighted by molar-refractivity contribution is -0.134. The van der Waals surface area contributed by atoms with E-state index in [9.17, 15) is 9.59 Å². The van der Waals surface area contributed by atoms with Gasteiger partial charge in [0.05, 0.1) is 18.8 Å². The van der Waals surface area contributed by atoms with Crippen LogP contribution in [0.2, 0.25) is 0 Å². The predicted octanol–water partition coefficient (Wildman–Crippen LogP) is 3.51. The molecule has 1 atom stereocenters. The summed E-state index contributed by atoms with van der Waals surface area (Å²) in [7, 11) is 1.60. The van der Waals surface area contributed by atoms with E-state index < -0.39 is 0 Å². The zero-order chi connectivity index (χ0) is 22.5. The summed E-state index contributed by atoms with van der Waals surface area (Å²) in [6.45, 7) is 5.58. The molecular formula is C25H36N2O5. The molecule has 0 N–H and O–H groups in total. The molecule has 1 saturated carbocycles. The van der Waals surface area contributed by atoms with Crippen LogP contribution in [0.15, 0.2) is 18.2 Å². The number of carbonyl (C=O) groups is 2. The molecule has 1 aromatic carbocycles. The zero-order valence-corrected chi connectivity index (χ0v) is 19.4. The number of likely N-dealkylation sites (tertiary alicyclic amines) is 1. The van der Waals surface area contributed by atoms with Gasteiger partial charge in [-0.05, 0) is 50.3 Å². The molecule has 0 unspecified atom stereocenters. The molecule has 3 fully saturated rings. The number of carbonyl (C=O) groups excluding carboxylic acids is 2. The fraction of sp³-hybridized carbons (Fsp3) is 0.680. The number of nitrogens with zero attached hydrogens (tertiary/aromatic N) is 2. The third-order valence-electron chi connectivity index (χ3n) is 6.62. The summed E-state index contributed by atoms with van der Waals surface area (Å²) in [5.74, 6) is 1.74. The van der Waals surface area contributed by atoms with Crippen LogP contribution in [0.3, 0.4) is 0 Å². The van der Waals surface area contributed by atoms with Gasteiger partial charge < -0.3 is 24.0 Å². The third-order valence-corrected chi connectivity index (χ3v) is 6.62. The SMILES string of the molecule is CCCN(C[C@H]1CCCO1)C(=O)c1cc(OC)ccc1OC1CCN(C(=O)C2CC2)CC1.